The Kier molecular flexibility index (Phi) is 4.09. The van der Waals surface area contributed by atoms with E-state index in [9.17, 15) is 14.8 Å². The van der Waals surface area contributed by atoms with Crippen molar-refractivity contribution in [2.24, 2.45) is 0 Å². The zero-order valence-corrected chi connectivity index (χ0v) is 7.99. The van der Waals surface area contributed by atoms with Gasteiger partial charge in [0.15, 0.2) is 5.78 Å². The molecular formula is C9H8NO6-. The van der Waals surface area contributed by atoms with E-state index in [1.165, 1.54) is 24.3 Å². The third-order valence-corrected chi connectivity index (χ3v) is 1.76. The molecular weight excluding hydrogens is 218 g/mol. The summed E-state index contributed by atoms with van der Waals surface area (Å²) in [5, 5.41) is 25.8. The van der Waals surface area contributed by atoms with Crippen molar-refractivity contribution in [3.63, 3.8) is 0 Å². The lowest BCUT2D eigenvalue weighted by Gasteiger charge is -2.17. The van der Waals surface area contributed by atoms with Gasteiger partial charge in [0.1, 0.15) is 6.61 Å². The van der Waals surface area contributed by atoms with E-state index in [4.69, 9.17) is 10.3 Å². The molecule has 0 atom stereocenters. The van der Waals surface area contributed by atoms with Crippen molar-refractivity contribution in [1.82, 2.24) is 5.39 Å². The topological polar surface area (TPSA) is 110 Å². The molecule has 0 saturated heterocycles. The average molecular weight is 226 g/mol. The third-order valence-electron chi connectivity index (χ3n) is 1.76. The summed E-state index contributed by atoms with van der Waals surface area (Å²) in [7, 11) is 0. The molecule has 0 spiro atoms. The van der Waals surface area contributed by atoms with E-state index in [0.717, 1.165) is 0 Å². The van der Waals surface area contributed by atoms with E-state index in [1.807, 2.05) is 0 Å². The minimum Gasteiger partial charge on any atom is -0.738 e. The second kappa shape index (κ2) is 5.33. The van der Waals surface area contributed by atoms with Crippen LogP contribution >= 0.6 is 0 Å². The zero-order valence-electron chi connectivity index (χ0n) is 7.99. The Bertz CT molecular complexity index is 385. The number of rotatable bonds is 5. The molecule has 2 N–H and O–H groups in total. The largest absolute Gasteiger partial charge is 0.738 e. The molecule has 16 heavy (non-hydrogen) atoms. The van der Waals surface area contributed by atoms with Gasteiger partial charge in [0.2, 0.25) is 0 Å². The molecule has 1 aromatic carbocycles. The van der Waals surface area contributed by atoms with Crippen molar-refractivity contribution in [2.75, 3.05) is 6.61 Å². The monoisotopic (exact) mass is 226 g/mol. The van der Waals surface area contributed by atoms with Crippen LogP contribution in [-0.4, -0.2) is 34.1 Å². The van der Waals surface area contributed by atoms with Gasteiger partial charge >= 0.3 is 5.97 Å². The van der Waals surface area contributed by atoms with E-state index >= 15 is 0 Å². The van der Waals surface area contributed by atoms with Gasteiger partial charge in [-0.25, -0.2) is 4.79 Å². The summed E-state index contributed by atoms with van der Waals surface area (Å²) in [5.74, 6) is -1.65. The molecule has 0 radical (unpaired) electrons. The maximum atomic E-state index is 11.3. The number of nitrogens with zero attached hydrogens (tertiary/aromatic N) is 1. The number of Topliss-reactive ketones (excluding diaryl/α,β-unsaturated/α-hetero) is 1. The summed E-state index contributed by atoms with van der Waals surface area (Å²) in [6, 6.07) is 5.09. The molecule has 0 amide bonds. The lowest BCUT2D eigenvalue weighted by atomic mass is 10.1. The number of hydrogen-bond donors (Lipinski definition) is 2. The summed E-state index contributed by atoms with van der Waals surface area (Å²) >= 11 is 0. The van der Waals surface area contributed by atoms with Gasteiger partial charge in [-0.15, -0.1) is 5.39 Å². The van der Waals surface area contributed by atoms with E-state index in [0.29, 0.717) is 0 Å². The van der Waals surface area contributed by atoms with Crippen LogP contribution in [0.1, 0.15) is 20.7 Å². The minimum atomic E-state index is -1.10. The number of carboxylic acid groups (broad SMARTS) is 1. The lowest BCUT2D eigenvalue weighted by molar-refractivity contribution is -0.298. The summed E-state index contributed by atoms with van der Waals surface area (Å²) in [6.45, 7) is -0.619. The molecule has 7 nitrogen and oxygen atoms in total. The molecule has 0 aromatic heterocycles. The highest BCUT2D eigenvalue weighted by Gasteiger charge is 2.08. The Balaban J connectivity index is 2.67. The third kappa shape index (κ3) is 3.41. The van der Waals surface area contributed by atoms with Crippen molar-refractivity contribution in [3.8, 4) is 0 Å². The normalized spacial score (nSPS) is 10.4. The molecule has 1 aromatic rings. The smallest absolute Gasteiger partial charge is 0.335 e. The fourth-order valence-electron chi connectivity index (χ4n) is 0.996. The highest BCUT2D eigenvalue weighted by atomic mass is 17.1. The van der Waals surface area contributed by atoms with E-state index in [2.05, 4.69) is 4.84 Å². The predicted molar refractivity (Wildman–Crippen MR) is 50.7 cm³/mol. The van der Waals surface area contributed by atoms with E-state index < -0.39 is 23.7 Å². The number of carboxylic acids is 1. The number of carbonyl (C=O) groups excluding carboxylic acids is 1. The fourth-order valence-corrected chi connectivity index (χ4v) is 0.996. The number of hydrogen-bond acceptors (Lipinski definition) is 6. The van der Waals surface area contributed by atoms with Crippen LogP contribution in [0.15, 0.2) is 24.3 Å². The molecule has 0 fully saturated rings. The molecule has 86 valence electrons. The Labute approximate surface area is 90.0 Å². The van der Waals surface area contributed by atoms with Crippen LogP contribution in [-0.2, 0) is 4.84 Å². The van der Waals surface area contributed by atoms with Crippen LogP contribution in [0.4, 0.5) is 0 Å². The second-order valence-corrected chi connectivity index (χ2v) is 2.82. The van der Waals surface area contributed by atoms with Gasteiger partial charge in [0, 0.05) is 5.56 Å². The van der Waals surface area contributed by atoms with Crippen molar-refractivity contribution in [1.29, 1.82) is 0 Å². The zero-order chi connectivity index (χ0) is 12.1. The Morgan fingerprint density at radius 2 is 1.75 bits per heavy atom. The molecule has 0 unspecified atom stereocenters. The summed E-state index contributed by atoms with van der Waals surface area (Å²) < 4.78 is 0. The molecule has 0 aliphatic rings. The van der Waals surface area contributed by atoms with Gasteiger partial charge in [-0.2, -0.15) is 0 Å². The summed E-state index contributed by atoms with van der Waals surface area (Å²) in [5.41, 5.74) is 0.233. The van der Waals surface area contributed by atoms with Crippen molar-refractivity contribution in [2.45, 2.75) is 0 Å². The van der Waals surface area contributed by atoms with E-state index in [1.54, 1.807) is 0 Å². The van der Waals surface area contributed by atoms with Crippen LogP contribution in [0, 0.1) is 5.21 Å². The van der Waals surface area contributed by atoms with Crippen LogP contribution in [0.5, 0.6) is 0 Å². The quantitative estimate of drug-likeness (QED) is 0.561. The second-order valence-electron chi connectivity index (χ2n) is 2.82. The lowest BCUT2D eigenvalue weighted by Crippen LogP contribution is -2.18. The fraction of sp³-hybridized carbons (Fsp3) is 0.111. The molecule has 0 aliphatic carbocycles. The maximum absolute atomic E-state index is 11.3. The van der Waals surface area contributed by atoms with Gasteiger partial charge in [0.25, 0.3) is 0 Å². The molecule has 0 heterocycles. The predicted octanol–water partition coefficient (Wildman–Crippen LogP) is 0.688. The standard InChI is InChI=1S/C9H8NO6/c11-8(5-16-10(14)15)6-1-3-7(4-2-6)9(12)13/h1-4,14H,5H2,(H,12,13)/q-1. The molecule has 0 aliphatic heterocycles. The summed E-state index contributed by atoms with van der Waals surface area (Å²) in [6.07, 6.45) is 0. The number of carbonyl (C=O) groups is 2. The first-order valence-corrected chi connectivity index (χ1v) is 4.16. The summed E-state index contributed by atoms with van der Waals surface area (Å²) in [4.78, 5) is 25.8. The van der Waals surface area contributed by atoms with Gasteiger partial charge in [0.05, 0.1) is 5.56 Å². The maximum Gasteiger partial charge on any atom is 0.335 e. The number of aromatic carboxylic acids is 1. The number of benzene rings is 1. The molecule has 0 bridgehead atoms. The van der Waals surface area contributed by atoms with Crippen molar-refractivity contribution >= 4 is 11.8 Å². The Morgan fingerprint density at radius 1 is 1.25 bits per heavy atom. The molecule has 0 saturated carbocycles. The van der Waals surface area contributed by atoms with Crippen LogP contribution < -0.4 is 0 Å². The first-order valence-electron chi connectivity index (χ1n) is 4.16. The Morgan fingerprint density at radius 3 is 2.19 bits per heavy atom. The molecule has 7 heteroatoms. The van der Waals surface area contributed by atoms with Crippen LogP contribution in [0.3, 0.4) is 0 Å². The first kappa shape index (κ1) is 12.3. The van der Waals surface area contributed by atoms with Gasteiger partial charge in [-0.3, -0.25) is 9.63 Å². The first-order chi connectivity index (χ1) is 7.50. The highest BCUT2D eigenvalue weighted by molar-refractivity contribution is 5.98. The van der Waals surface area contributed by atoms with Gasteiger partial charge in [-0.05, 0) is 12.1 Å². The Hall–Kier alpha value is -1.80. The minimum absolute atomic E-state index is 0.0464. The van der Waals surface area contributed by atoms with Crippen molar-refractivity contribution < 1.29 is 24.7 Å². The number of ketones is 1. The highest BCUT2D eigenvalue weighted by Crippen LogP contribution is 2.05. The van der Waals surface area contributed by atoms with Crippen LogP contribution in [0.2, 0.25) is 0 Å². The van der Waals surface area contributed by atoms with E-state index in [-0.39, 0.29) is 11.1 Å². The van der Waals surface area contributed by atoms with Crippen LogP contribution in [0.25, 0.3) is 0 Å². The van der Waals surface area contributed by atoms with Crippen molar-refractivity contribution in [3.05, 3.63) is 40.6 Å². The average Bonchev–Trinajstić information content (AvgIpc) is 2.26. The van der Waals surface area contributed by atoms with Gasteiger partial charge < -0.3 is 15.5 Å². The molecule has 1 rings (SSSR count). The van der Waals surface area contributed by atoms with Gasteiger partial charge in [-0.1, -0.05) is 12.1 Å². The SMILES string of the molecule is O=C(O)c1ccc(C(=O)CON([O-])O)cc1.